The largest absolute Gasteiger partial charge is 0.326 e. The van der Waals surface area contributed by atoms with E-state index in [1.54, 1.807) is 0 Å². The van der Waals surface area contributed by atoms with E-state index in [2.05, 4.69) is 0 Å². The zero-order chi connectivity index (χ0) is 8.08. The molecule has 0 rings (SSSR count). The van der Waals surface area contributed by atoms with E-state index in [-0.39, 0.29) is 11.3 Å². The summed E-state index contributed by atoms with van der Waals surface area (Å²) in [6, 6.07) is 0. The number of carbonyl (C=O) groups is 1. The van der Waals surface area contributed by atoms with Crippen molar-refractivity contribution in [2.75, 3.05) is 0 Å². The van der Waals surface area contributed by atoms with Crippen LogP contribution in [0.3, 0.4) is 0 Å². The lowest BCUT2D eigenvalue weighted by atomic mass is 10.1. The van der Waals surface area contributed by atoms with Gasteiger partial charge < -0.3 is 10.5 Å². The average Bonchev–Trinajstić information content (AvgIpc) is 1.19. The van der Waals surface area contributed by atoms with Crippen molar-refractivity contribution in [1.82, 2.24) is 0 Å². The number of nitrogens with two attached hydrogens (primary N) is 1. The normalized spacial score (nSPS) is 9.56. The van der Waals surface area contributed by atoms with Gasteiger partial charge in [0.1, 0.15) is 5.78 Å². The second-order valence-electron chi connectivity index (χ2n) is 3.27. The molecule has 0 radical (unpaired) electrons. The maximum atomic E-state index is 9.44. The molecular formula is C7H17NO. The highest BCUT2D eigenvalue weighted by molar-refractivity contribution is 5.72. The topological polar surface area (TPSA) is 43.1 Å². The highest BCUT2D eigenvalue weighted by atomic mass is 16.1. The maximum absolute atomic E-state index is 9.44. The van der Waals surface area contributed by atoms with Gasteiger partial charge in [0.05, 0.1) is 0 Å². The summed E-state index contributed by atoms with van der Waals surface area (Å²) in [4.78, 5) is 9.44. The Kier molecular flexibility index (Phi) is 5.72. The first-order valence-corrected chi connectivity index (χ1v) is 2.99. The predicted molar refractivity (Wildman–Crippen MR) is 40.3 cm³/mol. The zero-order valence-electron chi connectivity index (χ0n) is 6.99. The molecule has 0 unspecified atom stereocenters. The molecule has 0 aromatic carbocycles. The molecule has 56 valence electrons. The second-order valence-corrected chi connectivity index (χ2v) is 3.27. The molecular weight excluding hydrogens is 114 g/mol. The number of ketones is 1. The van der Waals surface area contributed by atoms with Gasteiger partial charge in [0.25, 0.3) is 0 Å². The third-order valence-corrected chi connectivity index (χ3v) is 0. The summed E-state index contributed by atoms with van der Waals surface area (Å²) < 4.78 is 0. The first-order chi connectivity index (χ1) is 3.73. The van der Waals surface area contributed by atoms with Crippen LogP contribution in [0, 0.1) is 0 Å². The average molecular weight is 131 g/mol. The van der Waals surface area contributed by atoms with E-state index in [0.29, 0.717) is 0 Å². The summed E-state index contributed by atoms with van der Waals surface area (Å²) in [6.07, 6.45) is 0. The van der Waals surface area contributed by atoms with Crippen molar-refractivity contribution in [2.45, 2.75) is 40.2 Å². The number of Topliss-reactive ketones (excluding diaryl/α,β-unsaturated/α-hetero) is 1. The molecule has 2 heteroatoms. The maximum Gasteiger partial charge on any atom is 0.126 e. The Morgan fingerprint density at radius 1 is 1.22 bits per heavy atom. The molecule has 0 aliphatic heterocycles. The summed E-state index contributed by atoms with van der Waals surface area (Å²) in [7, 11) is 0. The van der Waals surface area contributed by atoms with E-state index in [0.717, 1.165) is 0 Å². The second kappa shape index (κ2) is 4.50. The van der Waals surface area contributed by atoms with Crippen LogP contribution in [0.5, 0.6) is 0 Å². The van der Waals surface area contributed by atoms with Crippen LogP contribution in [0.2, 0.25) is 0 Å². The van der Waals surface area contributed by atoms with Gasteiger partial charge in [-0.1, -0.05) is 0 Å². The molecule has 0 heterocycles. The molecule has 0 aliphatic carbocycles. The molecule has 0 spiro atoms. The number of hydrogen-bond donors (Lipinski definition) is 1. The lowest BCUT2D eigenvalue weighted by molar-refractivity contribution is -0.114. The Labute approximate surface area is 57.4 Å². The van der Waals surface area contributed by atoms with Crippen LogP contribution in [-0.2, 0) is 4.79 Å². The smallest absolute Gasteiger partial charge is 0.126 e. The van der Waals surface area contributed by atoms with Crippen molar-refractivity contribution in [3.8, 4) is 0 Å². The molecule has 0 aromatic rings. The van der Waals surface area contributed by atoms with E-state index in [1.165, 1.54) is 13.8 Å². The lowest BCUT2D eigenvalue weighted by Gasteiger charge is -2.06. The van der Waals surface area contributed by atoms with Gasteiger partial charge in [0, 0.05) is 5.54 Å². The van der Waals surface area contributed by atoms with Crippen LogP contribution in [0.15, 0.2) is 0 Å². The van der Waals surface area contributed by atoms with E-state index >= 15 is 0 Å². The van der Waals surface area contributed by atoms with Gasteiger partial charge in [0.15, 0.2) is 0 Å². The van der Waals surface area contributed by atoms with Crippen molar-refractivity contribution < 1.29 is 4.79 Å². The molecule has 0 saturated heterocycles. The van der Waals surface area contributed by atoms with Gasteiger partial charge in [0.2, 0.25) is 0 Å². The fourth-order valence-electron chi connectivity index (χ4n) is 0. The van der Waals surface area contributed by atoms with Gasteiger partial charge in [-0.15, -0.1) is 0 Å². The summed E-state index contributed by atoms with van der Waals surface area (Å²) in [5, 5.41) is 0. The summed E-state index contributed by atoms with van der Waals surface area (Å²) in [6.45, 7) is 8.95. The molecule has 0 aromatic heterocycles. The number of rotatable bonds is 0. The standard InChI is InChI=1S/C4H11N.C3H6O/c1-4(2,3)5;1-3(2)4/h5H2,1-3H3;1-2H3. The van der Waals surface area contributed by atoms with E-state index in [4.69, 9.17) is 5.73 Å². The van der Waals surface area contributed by atoms with Crippen molar-refractivity contribution in [3.05, 3.63) is 0 Å². The van der Waals surface area contributed by atoms with Gasteiger partial charge in [-0.05, 0) is 34.6 Å². The van der Waals surface area contributed by atoms with Crippen molar-refractivity contribution in [3.63, 3.8) is 0 Å². The van der Waals surface area contributed by atoms with Crippen molar-refractivity contribution in [1.29, 1.82) is 0 Å². The Bertz CT molecular complexity index is 71.4. The van der Waals surface area contributed by atoms with Crippen LogP contribution < -0.4 is 5.73 Å². The predicted octanol–water partition coefficient (Wildman–Crippen LogP) is 1.34. The molecule has 9 heavy (non-hydrogen) atoms. The van der Waals surface area contributed by atoms with Crippen LogP contribution in [0.25, 0.3) is 0 Å². The van der Waals surface area contributed by atoms with Crippen LogP contribution in [-0.4, -0.2) is 11.3 Å². The first kappa shape index (κ1) is 11.4. The Morgan fingerprint density at radius 3 is 1.22 bits per heavy atom. The van der Waals surface area contributed by atoms with Crippen LogP contribution >= 0.6 is 0 Å². The van der Waals surface area contributed by atoms with Gasteiger partial charge in [-0.3, -0.25) is 0 Å². The highest BCUT2D eigenvalue weighted by Gasteiger charge is 1.95. The molecule has 0 fully saturated rings. The van der Waals surface area contributed by atoms with Crippen LogP contribution in [0.4, 0.5) is 0 Å². The van der Waals surface area contributed by atoms with Gasteiger partial charge in [-0.25, -0.2) is 0 Å². The highest BCUT2D eigenvalue weighted by Crippen LogP contribution is 1.88. The van der Waals surface area contributed by atoms with Gasteiger partial charge in [-0.2, -0.15) is 0 Å². The quantitative estimate of drug-likeness (QED) is 0.539. The number of hydrogen-bond acceptors (Lipinski definition) is 2. The van der Waals surface area contributed by atoms with E-state index in [9.17, 15) is 4.79 Å². The molecule has 0 amide bonds. The molecule has 2 N–H and O–H groups in total. The summed E-state index contributed by atoms with van der Waals surface area (Å²) >= 11 is 0. The van der Waals surface area contributed by atoms with E-state index < -0.39 is 0 Å². The van der Waals surface area contributed by atoms with Crippen molar-refractivity contribution in [2.24, 2.45) is 5.73 Å². The minimum Gasteiger partial charge on any atom is -0.326 e. The monoisotopic (exact) mass is 131 g/mol. The Balaban J connectivity index is 0. The third-order valence-electron chi connectivity index (χ3n) is 0. The molecule has 0 saturated carbocycles. The number of carbonyl (C=O) groups excluding carboxylic acids is 1. The molecule has 0 bridgehead atoms. The third kappa shape index (κ3) is 1770. The van der Waals surface area contributed by atoms with Crippen LogP contribution in [0.1, 0.15) is 34.6 Å². The minimum absolute atomic E-state index is 0. The SMILES string of the molecule is CC(C)(C)N.CC(C)=O. The minimum atomic E-state index is 0. The summed E-state index contributed by atoms with van der Waals surface area (Å²) in [5.74, 6) is 0.167. The lowest BCUT2D eigenvalue weighted by Crippen LogP contribution is -2.26. The Morgan fingerprint density at radius 2 is 1.22 bits per heavy atom. The van der Waals surface area contributed by atoms with Crippen molar-refractivity contribution >= 4 is 5.78 Å². The fraction of sp³-hybridized carbons (Fsp3) is 0.857. The Hall–Kier alpha value is -0.370. The molecule has 0 aliphatic rings. The first-order valence-electron chi connectivity index (χ1n) is 2.99. The molecule has 2 nitrogen and oxygen atoms in total. The molecule has 0 atom stereocenters. The van der Waals surface area contributed by atoms with E-state index in [1.807, 2.05) is 20.8 Å². The summed E-state index contributed by atoms with van der Waals surface area (Å²) in [5.41, 5.74) is 5.35. The van der Waals surface area contributed by atoms with Gasteiger partial charge >= 0.3 is 0 Å². The fourth-order valence-corrected chi connectivity index (χ4v) is 0. The zero-order valence-corrected chi connectivity index (χ0v) is 6.99.